The van der Waals surface area contributed by atoms with E-state index in [0.29, 0.717) is 18.4 Å². The smallest absolute Gasteiger partial charge is 0.253 e. The first-order chi connectivity index (χ1) is 14.8. The van der Waals surface area contributed by atoms with Crippen LogP contribution in [0.2, 0.25) is 0 Å². The minimum absolute atomic E-state index is 0.0154. The number of rotatable bonds is 3. The number of carbonyl (C=O) groups is 1. The third-order valence-electron chi connectivity index (χ3n) is 5.28. The van der Waals surface area contributed by atoms with Crippen LogP contribution in [0.25, 0.3) is 22.4 Å². The van der Waals surface area contributed by atoms with Gasteiger partial charge in [-0.05, 0) is 24.3 Å². The van der Waals surface area contributed by atoms with Crippen molar-refractivity contribution in [2.75, 3.05) is 25.9 Å². The van der Waals surface area contributed by atoms with Crippen molar-refractivity contribution in [3.63, 3.8) is 0 Å². The van der Waals surface area contributed by atoms with Crippen LogP contribution in [0, 0.1) is 0 Å². The Balaban J connectivity index is 0.000000418. The summed E-state index contributed by atoms with van der Waals surface area (Å²) in [5.41, 5.74) is 4.97. The van der Waals surface area contributed by atoms with Crippen molar-refractivity contribution in [2.24, 2.45) is 0 Å². The molecule has 0 fully saturated rings. The predicted octanol–water partition coefficient (Wildman–Crippen LogP) is 0.563. The minimum Gasteiger partial charge on any atom is -0.748 e. The number of aromatic nitrogens is 2. The first-order valence-corrected chi connectivity index (χ1v) is 11.9. The lowest BCUT2D eigenvalue weighted by Crippen LogP contribution is -3.08. The van der Waals surface area contributed by atoms with Crippen LogP contribution < -0.4 is 10.2 Å². The molecule has 9 heteroatoms. The van der Waals surface area contributed by atoms with Gasteiger partial charge in [-0.25, -0.2) is 13.4 Å². The number of imidazole rings is 1. The number of nitrogens with one attached hydrogen (secondary N) is 2. The van der Waals surface area contributed by atoms with Gasteiger partial charge in [-0.15, -0.1) is 0 Å². The highest BCUT2D eigenvalue weighted by Gasteiger charge is 2.21. The zero-order valence-electron chi connectivity index (χ0n) is 17.2. The van der Waals surface area contributed by atoms with Crippen LogP contribution in [0.1, 0.15) is 15.9 Å². The molecule has 1 aromatic heterocycles. The Labute approximate surface area is 180 Å². The molecule has 0 unspecified atom stereocenters. The van der Waals surface area contributed by atoms with E-state index in [9.17, 15) is 4.79 Å². The molecule has 5 rings (SSSR count). The zero-order valence-corrected chi connectivity index (χ0v) is 18.0. The maximum Gasteiger partial charge on any atom is 0.253 e. The molecule has 162 valence electrons. The Bertz CT molecular complexity index is 1230. The summed E-state index contributed by atoms with van der Waals surface area (Å²) in [5.74, 6) is 0.920. The van der Waals surface area contributed by atoms with Gasteiger partial charge in [0.25, 0.3) is 5.91 Å². The molecule has 2 aliphatic rings. The highest BCUT2D eigenvalue weighted by Crippen LogP contribution is 2.28. The van der Waals surface area contributed by atoms with Crippen LogP contribution in [0.3, 0.4) is 0 Å². The summed E-state index contributed by atoms with van der Waals surface area (Å²) >= 11 is 0. The third kappa shape index (κ3) is 5.01. The van der Waals surface area contributed by atoms with Gasteiger partial charge in [0.1, 0.15) is 12.4 Å². The van der Waals surface area contributed by atoms with E-state index in [0.717, 1.165) is 48.6 Å². The van der Waals surface area contributed by atoms with Gasteiger partial charge < -0.3 is 19.3 Å². The molecule has 2 aliphatic heterocycles. The second-order valence-corrected chi connectivity index (χ2v) is 9.13. The van der Waals surface area contributed by atoms with E-state index in [2.05, 4.69) is 46.3 Å². The van der Waals surface area contributed by atoms with E-state index in [4.69, 9.17) is 18.0 Å². The summed E-state index contributed by atoms with van der Waals surface area (Å²) in [6.07, 6.45) is 5.11. The number of benzene rings is 2. The van der Waals surface area contributed by atoms with Gasteiger partial charge in [-0.1, -0.05) is 30.3 Å². The Kier molecular flexibility index (Phi) is 5.90. The topological polar surface area (TPSA) is 109 Å². The summed E-state index contributed by atoms with van der Waals surface area (Å²) in [6.45, 7) is 4.63. The highest BCUT2D eigenvalue weighted by atomic mass is 32.2. The van der Waals surface area contributed by atoms with Crippen molar-refractivity contribution in [1.82, 2.24) is 14.9 Å². The molecule has 1 amide bonds. The molecule has 0 saturated heterocycles. The highest BCUT2D eigenvalue weighted by molar-refractivity contribution is 7.84. The molecule has 0 spiro atoms. The van der Waals surface area contributed by atoms with Crippen LogP contribution in [-0.2, 0) is 23.2 Å². The Morgan fingerprint density at radius 1 is 1.13 bits per heavy atom. The molecule has 0 saturated carbocycles. The fraction of sp³-hybridized carbons (Fsp3) is 0.273. The van der Waals surface area contributed by atoms with Gasteiger partial charge >= 0.3 is 0 Å². The summed E-state index contributed by atoms with van der Waals surface area (Å²) < 4.78 is 29.4. The van der Waals surface area contributed by atoms with Crippen molar-refractivity contribution < 1.29 is 22.7 Å². The Morgan fingerprint density at radius 2 is 1.81 bits per heavy atom. The molecule has 31 heavy (non-hydrogen) atoms. The molecule has 3 heterocycles. The lowest BCUT2D eigenvalue weighted by molar-refractivity contribution is -0.897. The molecule has 0 aliphatic carbocycles. The molecule has 0 radical (unpaired) electrons. The molecular formula is C22H24N4O4S. The summed E-state index contributed by atoms with van der Waals surface area (Å²) in [4.78, 5) is 18.7. The van der Waals surface area contributed by atoms with Crippen LogP contribution in [0.5, 0.6) is 0 Å². The minimum atomic E-state index is -3.92. The zero-order chi connectivity index (χ0) is 22.0. The van der Waals surface area contributed by atoms with Gasteiger partial charge in [0, 0.05) is 30.5 Å². The van der Waals surface area contributed by atoms with Gasteiger partial charge in [0.15, 0.2) is 0 Å². The summed E-state index contributed by atoms with van der Waals surface area (Å²) in [7, 11) is -3.92. The largest absolute Gasteiger partial charge is 0.748 e. The van der Waals surface area contributed by atoms with E-state index >= 15 is 0 Å². The second-order valence-electron chi connectivity index (χ2n) is 7.72. The van der Waals surface area contributed by atoms with Crippen molar-refractivity contribution in [3.05, 3.63) is 65.7 Å². The monoisotopic (exact) mass is 440 g/mol. The Hall–Kier alpha value is -3.01. The molecule has 8 nitrogen and oxygen atoms in total. The first kappa shape index (κ1) is 21.2. The molecule has 0 bridgehead atoms. The van der Waals surface area contributed by atoms with Crippen LogP contribution in [-0.4, -0.2) is 54.3 Å². The predicted molar refractivity (Wildman–Crippen MR) is 117 cm³/mol. The quantitative estimate of drug-likeness (QED) is 0.457. The second kappa shape index (κ2) is 8.62. The van der Waals surface area contributed by atoms with E-state index in [-0.39, 0.29) is 5.91 Å². The number of quaternary nitrogens is 1. The van der Waals surface area contributed by atoms with E-state index in [1.54, 1.807) is 4.90 Å². The van der Waals surface area contributed by atoms with Crippen LogP contribution >= 0.6 is 0 Å². The standard InChI is InChI=1S/C21H20N4O.CH4O3S/c26-21-17-4-3-5-18-19(17)25(13-10-22-21)20(23-18)16-8-6-15(7-9-16)14-24-11-1-2-12-24;1-5(2,3)4/h1-9H,10-14H2,(H,22,26);1H3,(H,2,3,4). The Morgan fingerprint density at radius 3 is 2.48 bits per heavy atom. The van der Waals surface area contributed by atoms with E-state index < -0.39 is 10.1 Å². The SMILES string of the molecule is CS(=O)(=O)[O-].O=C1NCCn2c(-c3ccc(C[NH+]4CC=CC4)cc3)nc3cccc1c32. The average Bonchev–Trinajstić information content (AvgIpc) is 3.31. The third-order valence-corrected chi connectivity index (χ3v) is 5.28. The van der Waals surface area contributed by atoms with Crippen LogP contribution in [0.4, 0.5) is 0 Å². The number of hydrogen-bond acceptors (Lipinski definition) is 5. The van der Waals surface area contributed by atoms with Crippen molar-refractivity contribution in [1.29, 1.82) is 0 Å². The number of carbonyl (C=O) groups excluding carboxylic acids is 1. The average molecular weight is 441 g/mol. The van der Waals surface area contributed by atoms with Crippen molar-refractivity contribution >= 4 is 27.1 Å². The molecule has 0 atom stereocenters. The number of hydrogen-bond donors (Lipinski definition) is 2. The fourth-order valence-corrected chi connectivity index (χ4v) is 3.97. The van der Waals surface area contributed by atoms with Gasteiger partial charge in [0.2, 0.25) is 0 Å². The van der Waals surface area contributed by atoms with Gasteiger partial charge in [0.05, 0.1) is 39.8 Å². The molecular weight excluding hydrogens is 416 g/mol. The molecule has 2 aromatic carbocycles. The normalized spacial score (nSPS) is 16.0. The van der Waals surface area contributed by atoms with Gasteiger partial charge in [-0.3, -0.25) is 4.79 Å². The maximum atomic E-state index is 12.3. The van der Waals surface area contributed by atoms with Gasteiger partial charge in [-0.2, -0.15) is 0 Å². The lowest BCUT2D eigenvalue weighted by Gasteiger charge is -2.12. The lowest BCUT2D eigenvalue weighted by atomic mass is 10.1. The van der Waals surface area contributed by atoms with Crippen LogP contribution in [0.15, 0.2) is 54.6 Å². The number of amides is 1. The molecule has 2 N–H and O–H groups in total. The number of nitrogens with zero attached hydrogens (tertiary/aromatic N) is 2. The summed E-state index contributed by atoms with van der Waals surface area (Å²) in [5, 5.41) is 2.97. The number of para-hydroxylation sites is 1. The summed E-state index contributed by atoms with van der Waals surface area (Å²) in [6, 6.07) is 14.5. The van der Waals surface area contributed by atoms with Crippen molar-refractivity contribution in [3.8, 4) is 11.4 Å². The van der Waals surface area contributed by atoms with Crippen molar-refractivity contribution in [2.45, 2.75) is 13.1 Å². The van der Waals surface area contributed by atoms with E-state index in [1.165, 1.54) is 5.56 Å². The molecule has 3 aromatic rings. The van der Waals surface area contributed by atoms with E-state index in [1.807, 2.05) is 18.2 Å². The fourth-order valence-electron chi connectivity index (χ4n) is 3.97. The maximum absolute atomic E-state index is 12.3. The first-order valence-electron chi connectivity index (χ1n) is 10.1.